The lowest BCUT2D eigenvalue weighted by atomic mass is 9.76. The highest BCUT2D eigenvalue weighted by atomic mass is 19.1. The van der Waals surface area contributed by atoms with Gasteiger partial charge in [-0.2, -0.15) is 5.26 Å². The van der Waals surface area contributed by atoms with Crippen LogP contribution in [0.15, 0.2) is 36.5 Å². The number of hydrogen-bond donors (Lipinski definition) is 1. The Morgan fingerprint density at radius 2 is 1.72 bits per heavy atom. The van der Waals surface area contributed by atoms with E-state index in [9.17, 15) is 4.39 Å². The van der Waals surface area contributed by atoms with Crippen molar-refractivity contribution in [3.05, 3.63) is 53.7 Å². The first-order valence-corrected chi connectivity index (χ1v) is 9.15. The van der Waals surface area contributed by atoms with Gasteiger partial charge in [-0.1, -0.05) is 0 Å². The maximum atomic E-state index is 15.0. The minimum Gasteiger partial charge on any atom is -0.455 e. The zero-order valence-electron chi connectivity index (χ0n) is 16.5. The fraction of sp³-hybridized carbons (Fsp3) is 0.286. The number of nitrogens with zero attached hydrogens (tertiary/aromatic N) is 1. The van der Waals surface area contributed by atoms with Crippen LogP contribution < -0.4 is 10.2 Å². The van der Waals surface area contributed by atoms with Crippen LogP contribution in [0, 0.1) is 23.0 Å². The van der Waals surface area contributed by atoms with Gasteiger partial charge < -0.3 is 19.0 Å². The maximum Gasteiger partial charge on any atom is 0.499 e. The van der Waals surface area contributed by atoms with E-state index in [2.05, 4.69) is 4.98 Å². The van der Waals surface area contributed by atoms with Gasteiger partial charge in [-0.3, -0.25) is 0 Å². The predicted octanol–water partition coefficient (Wildman–Crippen LogP) is 4.41. The molecule has 0 atom stereocenters. The Bertz CT molecular complexity index is 1130. The van der Waals surface area contributed by atoms with E-state index in [0.29, 0.717) is 16.4 Å². The van der Waals surface area contributed by atoms with E-state index in [-0.39, 0.29) is 17.1 Å². The molecule has 0 spiro atoms. The van der Waals surface area contributed by atoms with Crippen LogP contribution in [0.2, 0.25) is 0 Å². The standard InChI is InChI=1S/C21H19BF2N2O3/c1-20(2)21(3,4)29-22(28-20)18-14-7-8-26-17(14)10-16(24)19(18)27-13-5-6-15(23)12(9-13)11-25/h5-10,26H,1-4H3. The van der Waals surface area contributed by atoms with E-state index in [1.807, 2.05) is 27.7 Å². The first-order valence-electron chi connectivity index (χ1n) is 9.15. The van der Waals surface area contributed by atoms with E-state index >= 15 is 4.39 Å². The minimum atomic E-state index is -0.875. The second-order valence-electron chi connectivity index (χ2n) is 7.98. The highest BCUT2D eigenvalue weighted by molar-refractivity contribution is 6.66. The number of aromatic amines is 1. The van der Waals surface area contributed by atoms with E-state index in [0.717, 1.165) is 6.07 Å². The number of H-pyrrole nitrogens is 1. The minimum absolute atomic E-state index is 0.0916. The topological polar surface area (TPSA) is 67.3 Å². The number of halogens is 2. The van der Waals surface area contributed by atoms with Crippen molar-refractivity contribution >= 4 is 23.5 Å². The molecule has 0 radical (unpaired) electrons. The number of nitriles is 1. The van der Waals surface area contributed by atoms with Gasteiger partial charge in [0.25, 0.3) is 0 Å². The van der Waals surface area contributed by atoms with Crippen LogP contribution in [0.25, 0.3) is 10.9 Å². The Morgan fingerprint density at radius 3 is 2.38 bits per heavy atom. The van der Waals surface area contributed by atoms with Crippen molar-refractivity contribution in [3.8, 4) is 17.6 Å². The van der Waals surface area contributed by atoms with Crippen molar-refractivity contribution in [3.63, 3.8) is 0 Å². The zero-order valence-corrected chi connectivity index (χ0v) is 16.5. The molecule has 1 fully saturated rings. The Morgan fingerprint density at radius 1 is 1.03 bits per heavy atom. The molecule has 3 aromatic rings. The molecule has 1 saturated heterocycles. The predicted molar refractivity (Wildman–Crippen MR) is 105 cm³/mol. The fourth-order valence-corrected chi connectivity index (χ4v) is 3.25. The third-order valence-electron chi connectivity index (χ3n) is 5.57. The molecule has 0 unspecified atom stereocenters. The fourth-order valence-electron chi connectivity index (χ4n) is 3.25. The summed E-state index contributed by atoms with van der Waals surface area (Å²) in [6.45, 7) is 7.61. The molecule has 1 aromatic heterocycles. The number of hydrogen-bond acceptors (Lipinski definition) is 4. The first kappa shape index (κ1) is 19.4. The summed E-state index contributed by atoms with van der Waals surface area (Å²) in [6.07, 6.45) is 1.69. The van der Waals surface area contributed by atoms with Gasteiger partial charge in [0, 0.05) is 34.7 Å². The molecule has 148 valence electrons. The number of aromatic nitrogens is 1. The molecule has 1 aliphatic rings. The molecular formula is C21H19BF2N2O3. The van der Waals surface area contributed by atoms with Gasteiger partial charge in [-0.15, -0.1) is 0 Å². The number of benzene rings is 2. The number of ether oxygens (including phenoxy) is 1. The van der Waals surface area contributed by atoms with Gasteiger partial charge in [0.15, 0.2) is 11.6 Å². The monoisotopic (exact) mass is 396 g/mol. The van der Waals surface area contributed by atoms with Crippen LogP contribution in [-0.4, -0.2) is 23.3 Å². The number of fused-ring (bicyclic) bond motifs is 1. The summed E-state index contributed by atoms with van der Waals surface area (Å²) in [5, 5.41) is 9.74. The molecule has 5 nitrogen and oxygen atoms in total. The van der Waals surface area contributed by atoms with Gasteiger partial charge >= 0.3 is 7.12 Å². The van der Waals surface area contributed by atoms with Crippen molar-refractivity contribution in [2.45, 2.75) is 38.9 Å². The van der Waals surface area contributed by atoms with Crippen LogP contribution in [-0.2, 0) is 9.31 Å². The number of rotatable bonds is 3. The van der Waals surface area contributed by atoms with E-state index in [1.54, 1.807) is 18.3 Å². The molecule has 2 aromatic carbocycles. The summed E-state index contributed by atoms with van der Waals surface area (Å²) >= 11 is 0. The Hall–Kier alpha value is -2.89. The van der Waals surface area contributed by atoms with E-state index in [1.165, 1.54) is 18.2 Å². The van der Waals surface area contributed by atoms with Crippen LogP contribution >= 0.6 is 0 Å². The van der Waals surface area contributed by atoms with E-state index in [4.69, 9.17) is 19.3 Å². The van der Waals surface area contributed by atoms with Crippen LogP contribution in [0.3, 0.4) is 0 Å². The molecule has 1 aliphatic heterocycles. The molecule has 29 heavy (non-hydrogen) atoms. The van der Waals surface area contributed by atoms with Crippen molar-refractivity contribution in [2.75, 3.05) is 0 Å². The lowest BCUT2D eigenvalue weighted by molar-refractivity contribution is 0.00578. The summed E-state index contributed by atoms with van der Waals surface area (Å²) in [6, 6.07) is 8.52. The molecule has 8 heteroatoms. The van der Waals surface area contributed by atoms with Crippen molar-refractivity contribution in [1.82, 2.24) is 4.98 Å². The van der Waals surface area contributed by atoms with Gasteiger partial charge in [-0.05, 0) is 45.9 Å². The van der Waals surface area contributed by atoms with Crippen molar-refractivity contribution in [2.24, 2.45) is 0 Å². The average molecular weight is 396 g/mol. The normalized spacial score (nSPS) is 17.5. The Kier molecular flexibility index (Phi) is 4.41. The van der Waals surface area contributed by atoms with Gasteiger partial charge in [-0.25, -0.2) is 8.78 Å². The lowest BCUT2D eigenvalue weighted by Gasteiger charge is -2.32. The Labute approximate surface area is 167 Å². The Balaban J connectivity index is 1.86. The zero-order chi connectivity index (χ0) is 21.0. The SMILES string of the molecule is CC1(C)OB(c2c(Oc3ccc(F)c(C#N)c3)c(F)cc3[nH]ccc23)OC1(C)C. The lowest BCUT2D eigenvalue weighted by Crippen LogP contribution is -2.41. The largest absolute Gasteiger partial charge is 0.499 e. The van der Waals surface area contributed by atoms with Gasteiger partial charge in [0.2, 0.25) is 0 Å². The van der Waals surface area contributed by atoms with Crippen LogP contribution in [0.1, 0.15) is 33.3 Å². The number of nitrogens with one attached hydrogen (secondary N) is 1. The third-order valence-corrected chi connectivity index (χ3v) is 5.57. The van der Waals surface area contributed by atoms with Crippen LogP contribution in [0.5, 0.6) is 11.5 Å². The average Bonchev–Trinajstić information content (AvgIpc) is 3.18. The summed E-state index contributed by atoms with van der Waals surface area (Å²) in [4.78, 5) is 2.98. The highest BCUT2D eigenvalue weighted by Gasteiger charge is 2.53. The van der Waals surface area contributed by atoms with Crippen molar-refractivity contribution in [1.29, 1.82) is 5.26 Å². The maximum absolute atomic E-state index is 15.0. The van der Waals surface area contributed by atoms with Crippen molar-refractivity contribution < 1.29 is 22.8 Å². The molecule has 1 N–H and O–H groups in total. The van der Waals surface area contributed by atoms with Gasteiger partial charge in [0.05, 0.1) is 16.8 Å². The molecular weight excluding hydrogens is 377 g/mol. The molecule has 4 rings (SSSR count). The molecule has 0 saturated carbocycles. The molecule has 0 aliphatic carbocycles. The second-order valence-corrected chi connectivity index (χ2v) is 7.98. The summed E-state index contributed by atoms with van der Waals surface area (Å²) < 4.78 is 46.8. The summed E-state index contributed by atoms with van der Waals surface area (Å²) in [5.41, 5.74) is -0.497. The summed E-state index contributed by atoms with van der Waals surface area (Å²) in [5.74, 6) is -1.26. The third kappa shape index (κ3) is 3.16. The second kappa shape index (κ2) is 6.58. The quantitative estimate of drug-likeness (QED) is 0.666. The smallest absolute Gasteiger partial charge is 0.455 e. The van der Waals surface area contributed by atoms with Crippen LogP contribution in [0.4, 0.5) is 8.78 Å². The first-order chi connectivity index (χ1) is 13.6. The van der Waals surface area contributed by atoms with Gasteiger partial charge in [0.1, 0.15) is 17.6 Å². The molecule has 2 heterocycles. The highest BCUT2D eigenvalue weighted by Crippen LogP contribution is 2.39. The molecule has 0 bridgehead atoms. The van der Waals surface area contributed by atoms with E-state index < -0.39 is 30.0 Å². The molecule has 0 amide bonds. The summed E-state index contributed by atoms with van der Waals surface area (Å²) in [7, 11) is -0.875.